The number of nitrogens with zero attached hydrogens (tertiary/aromatic N) is 2. The van der Waals surface area contributed by atoms with Crippen LogP contribution in [0.5, 0.6) is 5.75 Å². The Morgan fingerprint density at radius 2 is 1.71 bits per heavy atom. The van der Waals surface area contributed by atoms with Gasteiger partial charge in [0, 0.05) is 16.0 Å². The molecule has 0 aliphatic rings. The molecule has 0 saturated heterocycles. The number of hydrogen-bond acceptors (Lipinski definition) is 5. The van der Waals surface area contributed by atoms with Gasteiger partial charge < -0.3 is 9.47 Å². The fourth-order valence-corrected chi connectivity index (χ4v) is 4.85. The Balaban J connectivity index is 1.50. The molecule has 4 aromatic rings. The van der Waals surface area contributed by atoms with Crippen molar-refractivity contribution in [2.24, 2.45) is 0 Å². The van der Waals surface area contributed by atoms with E-state index in [1.807, 2.05) is 70.2 Å². The largest absolute Gasteiger partial charge is 0.482 e. The van der Waals surface area contributed by atoms with E-state index in [0.29, 0.717) is 17.2 Å². The zero-order valence-corrected chi connectivity index (χ0v) is 22.4. The second-order valence-electron chi connectivity index (χ2n) is 9.71. The maximum atomic E-state index is 13.0. The number of para-hydroxylation sites is 1. The summed E-state index contributed by atoms with van der Waals surface area (Å²) >= 11 is 1.60. The average molecular weight is 543 g/mol. The Morgan fingerprint density at radius 3 is 2.37 bits per heavy atom. The Bertz CT molecular complexity index is 1420. The molecule has 0 amide bonds. The molecular formula is C29H29F3N2O3S. The van der Waals surface area contributed by atoms with Crippen molar-refractivity contribution in [2.75, 3.05) is 6.61 Å². The number of alkyl halides is 3. The van der Waals surface area contributed by atoms with Crippen LogP contribution < -0.4 is 4.74 Å². The third-order valence-electron chi connectivity index (χ3n) is 5.66. The Kier molecular flexibility index (Phi) is 8.06. The van der Waals surface area contributed by atoms with Crippen LogP contribution in [0.3, 0.4) is 0 Å². The molecule has 0 N–H and O–H groups in total. The van der Waals surface area contributed by atoms with Gasteiger partial charge in [0.05, 0.1) is 22.5 Å². The molecular weight excluding hydrogens is 513 g/mol. The van der Waals surface area contributed by atoms with Crippen LogP contribution in [0.1, 0.15) is 44.5 Å². The van der Waals surface area contributed by atoms with Crippen LogP contribution in [-0.4, -0.2) is 28.0 Å². The average Bonchev–Trinajstić information content (AvgIpc) is 3.23. The molecule has 0 radical (unpaired) electrons. The molecule has 0 spiro atoms. The van der Waals surface area contributed by atoms with E-state index < -0.39 is 23.3 Å². The number of hydrogen-bond donors (Lipinski definition) is 0. The highest BCUT2D eigenvalue weighted by Gasteiger charge is 2.30. The van der Waals surface area contributed by atoms with Crippen LogP contribution in [0.25, 0.3) is 16.6 Å². The van der Waals surface area contributed by atoms with Crippen molar-refractivity contribution >= 4 is 28.6 Å². The van der Waals surface area contributed by atoms with Crippen LogP contribution in [-0.2, 0) is 27.9 Å². The van der Waals surface area contributed by atoms with Gasteiger partial charge in [-0.3, -0.25) is 0 Å². The standard InChI is InChI=1S/C29H29F3N2O3S/c1-5-19-16-22(14-15-26(19)36-17-27(35)37-28(2,3)4)38-18-24-23-8-6-7-9-25(23)34(33-24)21-12-10-20(11-13-21)29(30,31)32/h6-16H,5,17-18H2,1-4H3. The molecule has 200 valence electrons. The number of fused-ring (bicyclic) bond motifs is 1. The first-order valence-corrected chi connectivity index (χ1v) is 13.2. The Labute approximate surface area is 223 Å². The summed E-state index contributed by atoms with van der Waals surface area (Å²) in [7, 11) is 0. The van der Waals surface area contributed by atoms with Crippen molar-refractivity contribution in [3.8, 4) is 11.4 Å². The van der Waals surface area contributed by atoms with Gasteiger partial charge in [-0.1, -0.05) is 25.1 Å². The maximum absolute atomic E-state index is 13.0. The van der Waals surface area contributed by atoms with E-state index in [0.717, 1.165) is 45.6 Å². The van der Waals surface area contributed by atoms with E-state index in [4.69, 9.17) is 14.6 Å². The zero-order chi connectivity index (χ0) is 27.5. The van der Waals surface area contributed by atoms with E-state index in [1.165, 1.54) is 12.1 Å². The van der Waals surface area contributed by atoms with Crippen LogP contribution in [0.15, 0.2) is 71.6 Å². The van der Waals surface area contributed by atoms with Gasteiger partial charge in [-0.05, 0) is 81.3 Å². The van der Waals surface area contributed by atoms with E-state index in [-0.39, 0.29) is 6.61 Å². The van der Waals surface area contributed by atoms with Gasteiger partial charge in [0.25, 0.3) is 0 Å². The number of halogens is 3. The predicted molar refractivity (Wildman–Crippen MR) is 143 cm³/mol. The fourth-order valence-electron chi connectivity index (χ4n) is 3.95. The second-order valence-corrected chi connectivity index (χ2v) is 10.8. The van der Waals surface area contributed by atoms with E-state index in [2.05, 4.69) is 0 Å². The molecule has 3 aromatic carbocycles. The third kappa shape index (κ3) is 6.69. The summed E-state index contributed by atoms with van der Waals surface area (Å²) in [4.78, 5) is 13.0. The number of aryl methyl sites for hydroxylation is 1. The van der Waals surface area contributed by atoms with Gasteiger partial charge in [0.2, 0.25) is 0 Å². The molecule has 0 unspecified atom stereocenters. The first-order chi connectivity index (χ1) is 17.9. The summed E-state index contributed by atoms with van der Waals surface area (Å²) in [6.45, 7) is 7.28. The number of ether oxygens (including phenoxy) is 2. The van der Waals surface area contributed by atoms with E-state index >= 15 is 0 Å². The van der Waals surface area contributed by atoms with Crippen molar-refractivity contribution in [3.63, 3.8) is 0 Å². The lowest BCUT2D eigenvalue weighted by Gasteiger charge is -2.20. The van der Waals surface area contributed by atoms with Crippen molar-refractivity contribution in [3.05, 3.63) is 83.6 Å². The number of thioether (sulfide) groups is 1. The maximum Gasteiger partial charge on any atom is 0.416 e. The highest BCUT2D eigenvalue weighted by molar-refractivity contribution is 7.98. The predicted octanol–water partition coefficient (Wildman–Crippen LogP) is 7.62. The lowest BCUT2D eigenvalue weighted by molar-refractivity contribution is -0.157. The van der Waals surface area contributed by atoms with Gasteiger partial charge in [-0.2, -0.15) is 18.3 Å². The topological polar surface area (TPSA) is 53.4 Å². The summed E-state index contributed by atoms with van der Waals surface area (Å²) < 4.78 is 51.7. The quantitative estimate of drug-likeness (QED) is 0.169. The summed E-state index contributed by atoms with van der Waals surface area (Å²) in [5.41, 5.74) is 1.91. The number of rotatable bonds is 8. The fraction of sp³-hybridized carbons (Fsp3) is 0.310. The van der Waals surface area contributed by atoms with Crippen molar-refractivity contribution < 1.29 is 27.4 Å². The number of carbonyl (C=O) groups excluding carboxylic acids is 1. The molecule has 0 saturated carbocycles. The van der Waals surface area contributed by atoms with Crippen LogP contribution in [0.2, 0.25) is 0 Å². The van der Waals surface area contributed by atoms with Gasteiger partial charge in [0.1, 0.15) is 11.4 Å². The van der Waals surface area contributed by atoms with E-state index in [1.54, 1.807) is 16.4 Å². The lowest BCUT2D eigenvalue weighted by Crippen LogP contribution is -2.27. The third-order valence-corrected chi connectivity index (χ3v) is 6.66. The molecule has 38 heavy (non-hydrogen) atoms. The van der Waals surface area contributed by atoms with Crippen molar-refractivity contribution in [2.45, 2.75) is 56.5 Å². The van der Waals surface area contributed by atoms with E-state index in [9.17, 15) is 18.0 Å². The zero-order valence-electron chi connectivity index (χ0n) is 21.6. The number of aromatic nitrogens is 2. The summed E-state index contributed by atoms with van der Waals surface area (Å²) in [6.07, 6.45) is -3.66. The minimum atomic E-state index is -4.39. The highest BCUT2D eigenvalue weighted by atomic mass is 32.2. The minimum Gasteiger partial charge on any atom is -0.482 e. The molecule has 0 bridgehead atoms. The molecule has 9 heteroatoms. The minimum absolute atomic E-state index is 0.163. The number of benzene rings is 3. The molecule has 0 aliphatic carbocycles. The Hall–Kier alpha value is -3.46. The first kappa shape index (κ1) is 27.6. The molecule has 0 fully saturated rings. The summed E-state index contributed by atoms with van der Waals surface area (Å²) in [5, 5.41) is 5.68. The molecule has 5 nitrogen and oxygen atoms in total. The van der Waals surface area contributed by atoms with Gasteiger partial charge in [-0.25, -0.2) is 9.48 Å². The Morgan fingerprint density at radius 1 is 1.00 bits per heavy atom. The molecule has 4 rings (SSSR count). The van der Waals surface area contributed by atoms with Crippen LogP contribution in [0.4, 0.5) is 13.2 Å². The second kappa shape index (κ2) is 11.1. The smallest absolute Gasteiger partial charge is 0.416 e. The van der Waals surface area contributed by atoms with Crippen molar-refractivity contribution in [1.82, 2.24) is 9.78 Å². The van der Waals surface area contributed by atoms with Gasteiger partial charge in [0.15, 0.2) is 6.61 Å². The highest BCUT2D eigenvalue weighted by Crippen LogP contribution is 2.33. The normalized spacial score (nSPS) is 12.1. The molecule has 0 aliphatic heterocycles. The lowest BCUT2D eigenvalue weighted by atomic mass is 10.1. The SMILES string of the molecule is CCc1cc(SCc2nn(-c3ccc(C(F)(F)F)cc3)c3ccccc23)ccc1OCC(=O)OC(C)(C)C. The first-order valence-electron chi connectivity index (χ1n) is 12.2. The summed E-state index contributed by atoms with van der Waals surface area (Å²) in [6, 6.07) is 18.5. The van der Waals surface area contributed by atoms with Crippen molar-refractivity contribution in [1.29, 1.82) is 0 Å². The van der Waals surface area contributed by atoms with Gasteiger partial charge >= 0.3 is 12.1 Å². The molecule has 0 atom stereocenters. The molecule has 1 aromatic heterocycles. The van der Waals surface area contributed by atoms with Crippen LogP contribution in [0, 0.1) is 0 Å². The summed E-state index contributed by atoms with van der Waals surface area (Å²) in [5.74, 6) is 0.781. The number of esters is 1. The molecule has 1 heterocycles. The van der Waals surface area contributed by atoms with Gasteiger partial charge in [-0.15, -0.1) is 11.8 Å². The number of carbonyl (C=O) groups is 1. The monoisotopic (exact) mass is 542 g/mol. The van der Waals surface area contributed by atoms with Crippen LogP contribution >= 0.6 is 11.8 Å².